The maximum atomic E-state index is 5.90. The second-order valence-electron chi connectivity index (χ2n) is 4.62. The Bertz CT molecular complexity index is 454. The maximum absolute atomic E-state index is 5.90. The molecule has 0 saturated heterocycles. The monoisotopic (exact) mass is 231 g/mol. The second kappa shape index (κ2) is 4.41. The number of fused-ring (bicyclic) bond motifs is 1. The van der Waals surface area contributed by atoms with Crippen molar-refractivity contribution in [2.75, 3.05) is 13.2 Å². The van der Waals surface area contributed by atoms with Crippen molar-refractivity contribution < 1.29 is 9.47 Å². The van der Waals surface area contributed by atoms with Crippen LogP contribution in [0.3, 0.4) is 0 Å². The Morgan fingerprint density at radius 3 is 2.71 bits per heavy atom. The summed E-state index contributed by atoms with van der Waals surface area (Å²) in [5.41, 5.74) is 8.51. The summed E-state index contributed by atoms with van der Waals surface area (Å²) in [5, 5.41) is 0. The molecule has 0 saturated carbocycles. The zero-order valence-corrected chi connectivity index (χ0v) is 9.82. The van der Waals surface area contributed by atoms with Crippen LogP contribution in [0.5, 0.6) is 11.5 Å². The third kappa shape index (κ3) is 2.15. The molecule has 0 fully saturated rings. The van der Waals surface area contributed by atoms with E-state index >= 15 is 0 Å². The molecule has 0 bridgehead atoms. The molecule has 3 rings (SSSR count). The summed E-state index contributed by atoms with van der Waals surface area (Å²) in [6.07, 6.45) is 5.35. The van der Waals surface area contributed by atoms with Gasteiger partial charge in [-0.1, -0.05) is 12.1 Å². The molecule has 90 valence electrons. The standard InChI is InChI=1S/C14H17NO2/c15-12-4-1-10(2-5-12)11-3-6-13-14(9-11)17-8-7-16-13/h1,3,6,9,12H,2,4-5,7-8,15H2. The van der Waals surface area contributed by atoms with E-state index in [9.17, 15) is 0 Å². The molecule has 1 aliphatic heterocycles. The predicted octanol–water partition coefficient (Wildman–Crippen LogP) is 2.35. The lowest BCUT2D eigenvalue weighted by Crippen LogP contribution is -2.21. The average molecular weight is 231 g/mol. The van der Waals surface area contributed by atoms with E-state index in [2.05, 4.69) is 18.2 Å². The van der Waals surface area contributed by atoms with E-state index in [4.69, 9.17) is 15.2 Å². The second-order valence-corrected chi connectivity index (χ2v) is 4.62. The molecule has 1 unspecified atom stereocenters. The van der Waals surface area contributed by atoms with Crippen LogP contribution < -0.4 is 15.2 Å². The Morgan fingerprint density at radius 2 is 1.94 bits per heavy atom. The third-order valence-corrected chi connectivity index (χ3v) is 3.36. The van der Waals surface area contributed by atoms with Crippen molar-refractivity contribution in [2.45, 2.75) is 25.3 Å². The molecule has 0 aromatic heterocycles. The van der Waals surface area contributed by atoms with Gasteiger partial charge in [-0.25, -0.2) is 0 Å². The highest BCUT2D eigenvalue weighted by Gasteiger charge is 2.16. The van der Waals surface area contributed by atoms with Crippen LogP contribution in [0.15, 0.2) is 24.3 Å². The number of ether oxygens (including phenoxy) is 2. The molecule has 2 N–H and O–H groups in total. The van der Waals surface area contributed by atoms with Crippen LogP contribution in [0.1, 0.15) is 24.8 Å². The number of rotatable bonds is 1. The summed E-state index contributed by atoms with van der Waals surface area (Å²) in [7, 11) is 0. The van der Waals surface area contributed by atoms with Crippen LogP contribution in [-0.4, -0.2) is 19.3 Å². The zero-order valence-electron chi connectivity index (χ0n) is 9.82. The van der Waals surface area contributed by atoms with Gasteiger partial charge in [-0.3, -0.25) is 0 Å². The Labute approximate surface area is 101 Å². The molecular weight excluding hydrogens is 214 g/mol. The minimum absolute atomic E-state index is 0.330. The normalized spacial score (nSPS) is 23.1. The first-order valence-electron chi connectivity index (χ1n) is 6.17. The molecule has 1 atom stereocenters. The predicted molar refractivity (Wildman–Crippen MR) is 67.2 cm³/mol. The minimum atomic E-state index is 0.330. The van der Waals surface area contributed by atoms with Gasteiger partial charge in [0.2, 0.25) is 0 Å². The molecule has 2 aliphatic rings. The molecule has 0 amide bonds. The van der Waals surface area contributed by atoms with E-state index in [0.29, 0.717) is 19.3 Å². The van der Waals surface area contributed by atoms with Gasteiger partial charge in [-0.2, -0.15) is 0 Å². The van der Waals surface area contributed by atoms with Gasteiger partial charge >= 0.3 is 0 Å². The van der Waals surface area contributed by atoms with Crippen LogP contribution >= 0.6 is 0 Å². The van der Waals surface area contributed by atoms with Crippen molar-refractivity contribution in [1.82, 2.24) is 0 Å². The molecule has 3 nitrogen and oxygen atoms in total. The molecule has 1 heterocycles. The summed E-state index contributed by atoms with van der Waals surface area (Å²) < 4.78 is 11.1. The van der Waals surface area contributed by atoms with Crippen LogP contribution in [-0.2, 0) is 0 Å². The topological polar surface area (TPSA) is 44.5 Å². The SMILES string of the molecule is NC1CC=C(c2ccc3c(c2)OCCO3)CC1. The number of allylic oxidation sites excluding steroid dienone is 1. The number of benzene rings is 1. The van der Waals surface area contributed by atoms with E-state index in [1.54, 1.807) is 0 Å². The summed E-state index contributed by atoms with van der Waals surface area (Å²) in [5.74, 6) is 1.72. The van der Waals surface area contributed by atoms with Crippen molar-refractivity contribution >= 4 is 5.57 Å². The summed E-state index contributed by atoms with van der Waals surface area (Å²) in [4.78, 5) is 0. The molecule has 0 spiro atoms. The van der Waals surface area contributed by atoms with Crippen molar-refractivity contribution in [2.24, 2.45) is 5.73 Å². The maximum Gasteiger partial charge on any atom is 0.161 e. The van der Waals surface area contributed by atoms with Gasteiger partial charge in [-0.15, -0.1) is 0 Å². The molecule has 1 aromatic carbocycles. The minimum Gasteiger partial charge on any atom is -0.486 e. The van der Waals surface area contributed by atoms with Gasteiger partial charge in [0, 0.05) is 6.04 Å². The Kier molecular flexibility index (Phi) is 2.77. The Balaban J connectivity index is 1.88. The smallest absolute Gasteiger partial charge is 0.161 e. The lowest BCUT2D eigenvalue weighted by molar-refractivity contribution is 0.171. The molecule has 1 aliphatic carbocycles. The number of hydrogen-bond acceptors (Lipinski definition) is 3. The van der Waals surface area contributed by atoms with Gasteiger partial charge in [0.1, 0.15) is 13.2 Å². The fourth-order valence-electron chi connectivity index (χ4n) is 2.36. The summed E-state index contributed by atoms with van der Waals surface area (Å²) >= 11 is 0. The van der Waals surface area contributed by atoms with Crippen LogP contribution in [0.2, 0.25) is 0 Å². The zero-order chi connectivity index (χ0) is 11.7. The van der Waals surface area contributed by atoms with E-state index < -0.39 is 0 Å². The lowest BCUT2D eigenvalue weighted by atomic mass is 9.91. The fraction of sp³-hybridized carbons (Fsp3) is 0.429. The fourth-order valence-corrected chi connectivity index (χ4v) is 2.36. The quantitative estimate of drug-likeness (QED) is 0.807. The first-order chi connectivity index (χ1) is 8.33. The van der Waals surface area contributed by atoms with Crippen molar-refractivity contribution in [1.29, 1.82) is 0 Å². The number of nitrogens with two attached hydrogens (primary N) is 1. The molecule has 17 heavy (non-hydrogen) atoms. The highest BCUT2D eigenvalue weighted by Crippen LogP contribution is 2.35. The Hall–Kier alpha value is -1.48. The Morgan fingerprint density at radius 1 is 1.12 bits per heavy atom. The number of hydrogen-bond donors (Lipinski definition) is 1. The van der Waals surface area contributed by atoms with E-state index in [0.717, 1.165) is 30.8 Å². The van der Waals surface area contributed by atoms with Gasteiger partial charge in [0.25, 0.3) is 0 Å². The highest BCUT2D eigenvalue weighted by molar-refractivity contribution is 5.69. The van der Waals surface area contributed by atoms with Gasteiger partial charge in [-0.05, 0) is 42.5 Å². The van der Waals surface area contributed by atoms with Crippen molar-refractivity contribution in [3.05, 3.63) is 29.8 Å². The van der Waals surface area contributed by atoms with Crippen molar-refractivity contribution in [3.63, 3.8) is 0 Å². The van der Waals surface area contributed by atoms with Crippen LogP contribution in [0, 0.1) is 0 Å². The largest absolute Gasteiger partial charge is 0.486 e. The highest BCUT2D eigenvalue weighted by atomic mass is 16.6. The van der Waals surface area contributed by atoms with E-state index in [-0.39, 0.29) is 0 Å². The molecule has 3 heteroatoms. The third-order valence-electron chi connectivity index (χ3n) is 3.36. The summed E-state index contributed by atoms with van der Waals surface area (Å²) in [6, 6.07) is 6.52. The van der Waals surface area contributed by atoms with Crippen LogP contribution in [0.25, 0.3) is 5.57 Å². The lowest BCUT2D eigenvalue weighted by Gasteiger charge is -2.21. The molecular formula is C14H17NO2. The van der Waals surface area contributed by atoms with Gasteiger partial charge in [0.05, 0.1) is 0 Å². The van der Waals surface area contributed by atoms with Crippen molar-refractivity contribution in [3.8, 4) is 11.5 Å². The molecule has 1 aromatic rings. The van der Waals surface area contributed by atoms with Gasteiger partial charge < -0.3 is 15.2 Å². The average Bonchev–Trinajstić information content (AvgIpc) is 2.39. The van der Waals surface area contributed by atoms with E-state index in [1.165, 1.54) is 11.1 Å². The molecule has 0 radical (unpaired) electrons. The van der Waals surface area contributed by atoms with E-state index in [1.807, 2.05) is 6.07 Å². The van der Waals surface area contributed by atoms with Crippen LogP contribution in [0.4, 0.5) is 0 Å². The van der Waals surface area contributed by atoms with Gasteiger partial charge in [0.15, 0.2) is 11.5 Å². The summed E-state index contributed by atoms with van der Waals surface area (Å²) in [6.45, 7) is 1.28. The first kappa shape index (κ1) is 10.7. The first-order valence-corrected chi connectivity index (χ1v) is 6.17.